The van der Waals surface area contributed by atoms with Crippen LogP contribution in [0, 0.1) is 17.8 Å². The van der Waals surface area contributed by atoms with E-state index in [1.54, 1.807) is 17.4 Å². The highest BCUT2D eigenvalue weighted by molar-refractivity contribution is 7.09. The Kier molecular flexibility index (Phi) is 3.97. The molecule has 27 heavy (non-hydrogen) atoms. The molecule has 0 unspecified atom stereocenters. The molecule has 3 fully saturated rings. The Bertz CT molecular complexity index is 881. The second-order valence-electron chi connectivity index (χ2n) is 7.82. The third kappa shape index (κ3) is 2.83. The molecule has 1 aliphatic heterocycles. The lowest BCUT2D eigenvalue weighted by Crippen LogP contribution is -2.66. The van der Waals surface area contributed by atoms with Crippen LogP contribution in [0.1, 0.15) is 40.9 Å². The number of nitrogens with one attached hydrogen (secondary N) is 2. The van der Waals surface area contributed by atoms with Gasteiger partial charge < -0.3 is 15.4 Å². The summed E-state index contributed by atoms with van der Waals surface area (Å²) in [5, 5.41) is 8.26. The van der Waals surface area contributed by atoms with Gasteiger partial charge >= 0.3 is 0 Å². The second-order valence-corrected chi connectivity index (χ2v) is 8.85. The fourth-order valence-electron chi connectivity index (χ4n) is 5.00. The van der Waals surface area contributed by atoms with Crippen molar-refractivity contribution in [2.75, 3.05) is 0 Å². The molecule has 6 heteroatoms. The van der Waals surface area contributed by atoms with Crippen LogP contribution < -0.4 is 15.4 Å². The van der Waals surface area contributed by atoms with Crippen LogP contribution in [-0.2, 0) is 11.3 Å². The van der Waals surface area contributed by atoms with E-state index in [1.807, 2.05) is 35.7 Å². The van der Waals surface area contributed by atoms with Crippen molar-refractivity contribution in [1.82, 2.24) is 10.6 Å². The van der Waals surface area contributed by atoms with E-state index in [-0.39, 0.29) is 29.6 Å². The standard InChI is InChI=1S/C21H22N2O3S/c24-19(22-12-15-4-3-9-27-15)17-10-14-8-7-13(17)11-21(14)23-20(25)16-5-1-2-6-18(16)26-21/h1-6,9,13-14,17H,7-8,10-12H2,(H,22,24)(H,23,25)/t13-,14-,17+,21+/m1/s1. The van der Waals surface area contributed by atoms with E-state index in [0.29, 0.717) is 24.3 Å². The zero-order valence-electron chi connectivity index (χ0n) is 14.9. The Morgan fingerprint density at radius 1 is 1.26 bits per heavy atom. The average molecular weight is 382 g/mol. The molecular weight excluding hydrogens is 360 g/mol. The molecule has 6 rings (SSSR count). The Hall–Kier alpha value is -2.34. The number of rotatable bonds is 3. The molecule has 2 bridgehead atoms. The van der Waals surface area contributed by atoms with E-state index in [9.17, 15) is 9.59 Å². The van der Waals surface area contributed by atoms with E-state index >= 15 is 0 Å². The number of fused-ring (bicyclic) bond motifs is 3. The van der Waals surface area contributed by atoms with Crippen molar-refractivity contribution < 1.29 is 14.3 Å². The molecule has 2 heterocycles. The fraction of sp³-hybridized carbons (Fsp3) is 0.429. The van der Waals surface area contributed by atoms with Crippen molar-refractivity contribution in [3.8, 4) is 5.75 Å². The minimum atomic E-state index is -0.654. The van der Waals surface area contributed by atoms with Crippen molar-refractivity contribution in [2.24, 2.45) is 17.8 Å². The van der Waals surface area contributed by atoms with E-state index < -0.39 is 5.72 Å². The first-order valence-corrected chi connectivity index (χ1v) is 10.4. The molecule has 2 N–H and O–H groups in total. The van der Waals surface area contributed by atoms with Gasteiger partial charge in [-0.15, -0.1) is 11.3 Å². The number of carbonyl (C=O) groups is 2. The summed E-state index contributed by atoms with van der Waals surface area (Å²) in [5.41, 5.74) is -0.0615. The van der Waals surface area contributed by atoms with Crippen LogP contribution in [0.2, 0.25) is 0 Å². The van der Waals surface area contributed by atoms with Gasteiger partial charge in [-0.25, -0.2) is 0 Å². The molecule has 140 valence electrons. The predicted molar refractivity (Wildman–Crippen MR) is 102 cm³/mol. The number of hydrogen-bond acceptors (Lipinski definition) is 4. The Labute approximate surface area is 162 Å². The summed E-state index contributed by atoms with van der Waals surface area (Å²) in [7, 11) is 0. The van der Waals surface area contributed by atoms with Gasteiger partial charge in [0.25, 0.3) is 5.91 Å². The molecule has 2 aromatic rings. The summed E-state index contributed by atoms with van der Waals surface area (Å²) in [6, 6.07) is 11.4. The predicted octanol–water partition coefficient (Wildman–Crippen LogP) is 3.32. The molecule has 1 aromatic heterocycles. The first-order chi connectivity index (χ1) is 13.1. The quantitative estimate of drug-likeness (QED) is 0.856. The lowest BCUT2D eigenvalue weighted by atomic mass is 9.60. The summed E-state index contributed by atoms with van der Waals surface area (Å²) >= 11 is 1.66. The maximum atomic E-state index is 12.8. The number of ether oxygens (including phenoxy) is 1. The van der Waals surface area contributed by atoms with Crippen LogP contribution in [0.3, 0.4) is 0 Å². The molecule has 3 aliphatic carbocycles. The third-order valence-corrected chi connectivity index (χ3v) is 7.20. The van der Waals surface area contributed by atoms with Crippen LogP contribution in [0.25, 0.3) is 0 Å². The van der Waals surface area contributed by atoms with Crippen molar-refractivity contribution in [3.05, 3.63) is 52.2 Å². The lowest BCUT2D eigenvalue weighted by molar-refractivity contribution is -0.146. The van der Waals surface area contributed by atoms with Crippen LogP contribution in [-0.4, -0.2) is 17.5 Å². The van der Waals surface area contributed by atoms with Crippen molar-refractivity contribution >= 4 is 23.2 Å². The molecule has 0 radical (unpaired) electrons. The maximum absolute atomic E-state index is 12.8. The third-order valence-electron chi connectivity index (χ3n) is 6.32. The summed E-state index contributed by atoms with van der Waals surface area (Å²) in [5.74, 6) is 1.14. The number of carbonyl (C=O) groups excluding carboxylic acids is 2. The number of benzene rings is 1. The lowest BCUT2D eigenvalue weighted by Gasteiger charge is -2.55. The van der Waals surface area contributed by atoms with Gasteiger partial charge in [0, 0.05) is 23.1 Å². The van der Waals surface area contributed by atoms with E-state index in [0.717, 1.165) is 19.3 Å². The zero-order chi connectivity index (χ0) is 18.4. The van der Waals surface area contributed by atoms with Gasteiger partial charge in [-0.2, -0.15) is 0 Å². The fourth-order valence-corrected chi connectivity index (χ4v) is 5.64. The van der Waals surface area contributed by atoms with Gasteiger partial charge in [-0.05, 0) is 48.8 Å². The minimum Gasteiger partial charge on any atom is -0.467 e. The van der Waals surface area contributed by atoms with Crippen molar-refractivity contribution in [3.63, 3.8) is 0 Å². The molecule has 3 saturated carbocycles. The Morgan fingerprint density at radius 3 is 2.93 bits per heavy atom. The summed E-state index contributed by atoms with van der Waals surface area (Å²) in [6.07, 6.45) is 3.48. The van der Waals surface area contributed by atoms with Gasteiger partial charge in [0.1, 0.15) is 5.75 Å². The minimum absolute atomic E-state index is 0.00649. The van der Waals surface area contributed by atoms with Gasteiger partial charge in [0.15, 0.2) is 5.72 Å². The highest BCUT2D eigenvalue weighted by Crippen LogP contribution is 2.52. The zero-order valence-corrected chi connectivity index (χ0v) is 15.8. The van der Waals surface area contributed by atoms with Gasteiger partial charge in [0.2, 0.25) is 5.91 Å². The van der Waals surface area contributed by atoms with Gasteiger partial charge in [0.05, 0.1) is 12.1 Å². The topological polar surface area (TPSA) is 67.4 Å². The molecular formula is C21H22N2O3S. The molecule has 4 atom stereocenters. The summed E-state index contributed by atoms with van der Waals surface area (Å²) in [4.78, 5) is 26.6. The number of thiophene rings is 1. The van der Waals surface area contributed by atoms with E-state index in [2.05, 4.69) is 10.6 Å². The molecule has 5 nitrogen and oxygen atoms in total. The molecule has 1 aromatic carbocycles. The number of amides is 2. The van der Waals surface area contributed by atoms with Crippen molar-refractivity contribution in [2.45, 2.75) is 38.0 Å². The Balaban J connectivity index is 1.32. The van der Waals surface area contributed by atoms with Crippen LogP contribution in [0.5, 0.6) is 5.75 Å². The number of hydrogen-bond donors (Lipinski definition) is 2. The normalized spacial score (nSPS) is 31.1. The monoisotopic (exact) mass is 382 g/mol. The Morgan fingerprint density at radius 2 is 2.15 bits per heavy atom. The molecule has 2 amide bonds. The SMILES string of the molecule is O=C1N[C@@]2(C[C@H]3CC[C@@H]2C[C@@H]3C(=O)NCc2cccs2)Oc2ccccc21. The van der Waals surface area contributed by atoms with Crippen LogP contribution >= 0.6 is 11.3 Å². The first-order valence-electron chi connectivity index (χ1n) is 9.55. The highest BCUT2D eigenvalue weighted by Gasteiger charge is 2.57. The smallest absolute Gasteiger partial charge is 0.258 e. The number of para-hydroxylation sites is 1. The van der Waals surface area contributed by atoms with Crippen LogP contribution in [0.4, 0.5) is 0 Å². The largest absolute Gasteiger partial charge is 0.467 e. The second kappa shape index (κ2) is 6.37. The van der Waals surface area contributed by atoms with Crippen molar-refractivity contribution in [1.29, 1.82) is 0 Å². The van der Waals surface area contributed by atoms with Gasteiger partial charge in [-0.3, -0.25) is 9.59 Å². The van der Waals surface area contributed by atoms with Gasteiger partial charge in [-0.1, -0.05) is 18.2 Å². The van der Waals surface area contributed by atoms with E-state index in [4.69, 9.17) is 4.74 Å². The average Bonchev–Trinajstić information content (AvgIpc) is 3.20. The van der Waals surface area contributed by atoms with Crippen LogP contribution in [0.15, 0.2) is 41.8 Å². The van der Waals surface area contributed by atoms with E-state index in [1.165, 1.54) is 4.88 Å². The molecule has 4 aliphatic rings. The molecule has 0 saturated heterocycles. The summed E-state index contributed by atoms with van der Waals surface area (Å²) in [6.45, 7) is 0.593. The maximum Gasteiger partial charge on any atom is 0.258 e. The highest BCUT2D eigenvalue weighted by atomic mass is 32.1. The molecule has 1 spiro atoms. The first kappa shape index (κ1) is 16.8. The summed E-state index contributed by atoms with van der Waals surface area (Å²) < 4.78 is 6.35.